The highest BCUT2D eigenvalue weighted by molar-refractivity contribution is 5.74. The third-order valence-electron chi connectivity index (χ3n) is 3.41. The molecule has 0 aromatic heterocycles. The first-order valence-corrected chi connectivity index (χ1v) is 6.16. The zero-order valence-corrected chi connectivity index (χ0v) is 10.5. The van der Waals surface area contributed by atoms with E-state index in [4.69, 9.17) is 19.3 Å². The van der Waals surface area contributed by atoms with E-state index in [1.165, 1.54) is 0 Å². The standard InChI is InChI=1S/C13H15NO5/c1-7-12(13(15)16)14-5-11(19-7)8-2-3-9-10(4-8)18-6-17-9/h2-4,7,11-12,14H,5-6H2,1H3,(H,15,16). The van der Waals surface area contributed by atoms with Crippen molar-refractivity contribution in [2.24, 2.45) is 0 Å². The number of morpholine rings is 1. The summed E-state index contributed by atoms with van der Waals surface area (Å²) < 4.78 is 16.3. The Morgan fingerprint density at radius 2 is 2.16 bits per heavy atom. The number of benzene rings is 1. The van der Waals surface area contributed by atoms with Crippen LogP contribution >= 0.6 is 0 Å². The van der Waals surface area contributed by atoms with Crippen molar-refractivity contribution in [3.8, 4) is 11.5 Å². The number of ether oxygens (including phenoxy) is 3. The van der Waals surface area contributed by atoms with E-state index in [0.29, 0.717) is 12.3 Å². The smallest absolute Gasteiger partial charge is 0.323 e. The molecule has 19 heavy (non-hydrogen) atoms. The van der Waals surface area contributed by atoms with Crippen LogP contribution in [0.4, 0.5) is 0 Å². The van der Waals surface area contributed by atoms with Crippen LogP contribution in [0.5, 0.6) is 11.5 Å². The molecule has 0 bridgehead atoms. The van der Waals surface area contributed by atoms with Gasteiger partial charge in [0, 0.05) is 6.54 Å². The van der Waals surface area contributed by atoms with Gasteiger partial charge in [0.2, 0.25) is 6.79 Å². The van der Waals surface area contributed by atoms with E-state index in [0.717, 1.165) is 11.3 Å². The van der Waals surface area contributed by atoms with E-state index in [1.807, 2.05) is 18.2 Å². The Hall–Kier alpha value is -1.79. The topological polar surface area (TPSA) is 77.0 Å². The highest BCUT2D eigenvalue weighted by Crippen LogP contribution is 2.35. The molecule has 0 amide bonds. The lowest BCUT2D eigenvalue weighted by Gasteiger charge is -2.33. The van der Waals surface area contributed by atoms with Crippen LogP contribution in [0.1, 0.15) is 18.6 Å². The molecule has 3 atom stereocenters. The molecule has 6 nitrogen and oxygen atoms in total. The van der Waals surface area contributed by atoms with Crippen LogP contribution in [0.25, 0.3) is 0 Å². The quantitative estimate of drug-likeness (QED) is 0.828. The number of carbonyl (C=O) groups is 1. The van der Waals surface area contributed by atoms with Crippen LogP contribution in [-0.2, 0) is 9.53 Å². The van der Waals surface area contributed by atoms with Crippen molar-refractivity contribution >= 4 is 5.97 Å². The summed E-state index contributed by atoms with van der Waals surface area (Å²) in [6, 6.07) is 4.97. The molecule has 1 aromatic carbocycles. The highest BCUT2D eigenvalue weighted by atomic mass is 16.7. The predicted octanol–water partition coefficient (Wildman–Crippen LogP) is 0.918. The summed E-state index contributed by atoms with van der Waals surface area (Å²) in [7, 11) is 0. The molecule has 2 aliphatic rings. The van der Waals surface area contributed by atoms with Gasteiger partial charge in [0.05, 0.1) is 12.2 Å². The molecule has 6 heteroatoms. The maximum Gasteiger partial charge on any atom is 0.323 e. The second-order valence-corrected chi connectivity index (χ2v) is 4.67. The van der Waals surface area contributed by atoms with E-state index in [9.17, 15) is 4.79 Å². The second kappa shape index (κ2) is 4.71. The first-order valence-electron chi connectivity index (χ1n) is 6.16. The lowest BCUT2D eigenvalue weighted by molar-refractivity contribution is -0.149. The van der Waals surface area contributed by atoms with Crippen LogP contribution in [0, 0.1) is 0 Å². The fourth-order valence-electron chi connectivity index (χ4n) is 2.38. The minimum absolute atomic E-state index is 0.180. The van der Waals surface area contributed by atoms with E-state index in [1.54, 1.807) is 6.92 Å². The molecule has 1 saturated heterocycles. The largest absolute Gasteiger partial charge is 0.480 e. The molecule has 1 fully saturated rings. The number of fused-ring (bicyclic) bond motifs is 1. The van der Waals surface area contributed by atoms with Gasteiger partial charge in [0.15, 0.2) is 11.5 Å². The van der Waals surface area contributed by atoms with Crippen molar-refractivity contribution < 1.29 is 24.1 Å². The summed E-state index contributed by atoms with van der Waals surface area (Å²) in [4.78, 5) is 11.0. The number of hydrogen-bond donors (Lipinski definition) is 2. The fraction of sp³-hybridized carbons (Fsp3) is 0.462. The van der Waals surface area contributed by atoms with Crippen molar-refractivity contribution in [3.63, 3.8) is 0 Å². The number of nitrogens with one attached hydrogen (secondary N) is 1. The molecule has 0 aliphatic carbocycles. The molecular weight excluding hydrogens is 250 g/mol. The van der Waals surface area contributed by atoms with Gasteiger partial charge in [-0.1, -0.05) is 6.07 Å². The van der Waals surface area contributed by atoms with Gasteiger partial charge in [0.25, 0.3) is 0 Å². The number of aliphatic carboxylic acids is 1. The molecule has 2 heterocycles. The van der Waals surface area contributed by atoms with E-state index < -0.39 is 12.0 Å². The Bertz CT molecular complexity index is 504. The summed E-state index contributed by atoms with van der Waals surface area (Å²) in [5.74, 6) is 0.537. The summed E-state index contributed by atoms with van der Waals surface area (Å²) in [6.45, 7) is 2.45. The van der Waals surface area contributed by atoms with Gasteiger partial charge in [-0.15, -0.1) is 0 Å². The Morgan fingerprint density at radius 1 is 1.37 bits per heavy atom. The molecule has 2 N–H and O–H groups in total. The summed E-state index contributed by atoms with van der Waals surface area (Å²) in [5.41, 5.74) is 0.951. The normalized spacial score (nSPS) is 29.2. The van der Waals surface area contributed by atoms with Gasteiger partial charge >= 0.3 is 5.97 Å². The Labute approximate surface area is 110 Å². The van der Waals surface area contributed by atoms with Gasteiger partial charge < -0.3 is 19.3 Å². The molecule has 0 radical (unpaired) electrons. The lowest BCUT2D eigenvalue weighted by Crippen LogP contribution is -2.52. The first kappa shape index (κ1) is 12.3. The van der Waals surface area contributed by atoms with Crippen molar-refractivity contribution in [3.05, 3.63) is 23.8 Å². The maximum atomic E-state index is 11.0. The van der Waals surface area contributed by atoms with Gasteiger partial charge in [-0.05, 0) is 24.6 Å². The number of hydrogen-bond acceptors (Lipinski definition) is 5. The predicted molar refractivity (Wildman–Crippen MR) is 65.3 cm³/mol. The van der Waals surface area contributed by atoms with Crippen LogP contribution in [0.2, 0.25) is 0 Å². The second-order valence-electron chi connectivity index (χ2n) is 4.67. The monoisotopic (exact) mass is 265 g/mol. The highest BCUT2D eigenvalue weighted by Gasteiger charge is 2.33. The first-order chi connectivity index (χ1) is 9.15. The third kappa shape index (κ3) is 2.24. The van der Waals surface area contributed by atoms with Gasteiger partial charge in [-0.25, -0.2) is 0 Å². The SMILES string of the molecule is CC1OC(c2ccc3c(c2)OCO3)CNC1C(=O)O. The minimum atomic E-state index is -0.892. The van der Waals surface area contributed by atoms with E-state index in [-0.39, 0.29) is 19.0 Å². The molecule has 0 saturated carbocycles. The zero-order valence-electron chi connectivity index (χ0n) is 10.5. The number of rotatable bonds is 2. The molecule has 2 aliphatic heterocycles. The number of carboxylic acid groups (broad SMARTS) is 1. The van der Waals surface area contributed by atoms with Crippen LogP contribution in [0.3, 0.4) is 0 Å². The van der Waals surface area contributed by atoms with Gasteiger partial charge in [-0.2, -0.15) is 0 Å². The zero-order chi connectivity index (χ0) is 13.4. The molecular formula is C13H15NO5. The summed E-state index contributed by atoms with van der Waals surface area (Å²) >= 11 is 0. The van der Waals surface area contributed by atoms with Crippen LogP contribution in [0.15, 0.2) is 18.2 Å². The van der Waals surface area contributed by atoms with E-state index >= 15 is 0 Å². The van der Waals surface area contributed by atoms with E-state index in [2.05, 4.69) is 5.32 Å². The molecule has 0 spiro atoms. The fourth-order valence-corrected chi connectivity index (χ4v) is 2.38. The molecule has 3 unspecified atom stereocenters. The third-order valence-corrected chi connectivity index (χ3v) is 3.41. The summed E-state index contributed by atoms with van der Waals surface area (Å²) in [6.07, 6.45) is -0.568. The summed E-state index contributed by atoms with van der Waals surface area (Å²) in [5, 5.41) is 12.0. The average molecular weight is 265 g/mol. The molecule has 1 aromatic rings. The van der Waals surface area contributed by atoms with Gasteiger partial charge in [0.1, 0.15) is 6.04 Å². The van der Waals surface area contributed by atoms with Crippen LogP contribution < -0.4 is 14.8 Å². The van der Waals surface area contributed by atoms with Crippen molar-refractivity contribution in [2.75, 3.05) is 13.3 Å². The average Bonchev–Trinajstić information content (AvgIpc) is 2.85. The number of carboxylic acids is 1. The lowest BCUT2D eigenvalue weighted by atomic mass is 10.0. The molecule has 3 rings (SSSR count). The van der Waals surface area contributed by atoms with Crippen LogP contribution in [-0.4, -0.2) is 36.6 Å². The minimum Gasteiger partial charge on any atom is -0.480 e. The van der Waals surface area contributed by atoms with Crippen molar-refractivity contribution in [2.45, 2.75) is 25.2 Å². The van der Waals surface area contributed by atoms with Gasteiger partial charge in [-0.3, -0.25) is 10.1 Å². The Balaban J connectivity index is 1.75. The molecule has 102 valence electrons. The Kier molecular flexibility index (Phi) is 3.04. The maximum absolute atomic E-state index is 11.0. The van der Waals surface area contributed by atoms with Crippen molar-refractivity contribution in [1.29, 1.82) is 0 Å². The Morgan fingerprint density at radius 3 is 2.89 bits per heavy atom. The van der Waals surface area contributed by atoms with Crippen molar-refractivity contribution in [1.82, 2.24) is 5.32 Å².